The fraction of sp³-hybridized carbons (Fsp3) is 0.385. The molecule has 2 rings (SSSR count). The third kappa shape index (κ3) is 1.96. The van der Waals surface area contributed by atoms with E-state index in [2.05, 4.69) is 0 Å². The van der Waals surface area contributed by atoms with Crippen LogP contribution in [0.1, 0.15) is 36.2 Å². The third-order valence-corrected chi connectivity index (χ3v) is 2.78. The van der Waals surface area contributed by atoms with Crippen LogP contribution >= 0.6 is 0 Å². The summed E-state index contributed by atoms with van der Waals surface area (Å²) in [5.74, 6) is 1.01. The summed E-state index contributed by atoms with van der Waals surface area (Å²) in [6.45, 7) is 5.51. The second-order valence-corrected chi connectivity index (χ2v) is 4.72. The van der Waals surface area contributed by atoms with Crippen molar-refractivity contribution in [1.29, 1.82) is 5.26 Å². The van der Waals surface area contributed by atoms with E-state index < -0.39 is 5.60 Å². The maximum atomic E-state index is 11.9. The second-order valence-electron chi connectivity index (χ2n) is 4.72. The van der Waals surface area contributed by atoms with E-state index in [-0.39, 0.29) is 5.78 Å². The monoisotopic (exact) mass is 231 g/mol. The molecule has 0 aliphatic carbocycles. The van der Waals surface area contributed by atoms with Crippen molar-refractivity contribution in [2.45, 2.75) is 32.8 Å². The minimum absolute atomic E-state index is 0.0582. The van der Waals surface area contributed by atoms with Gasteiger partial charge < -0.3 is 9.47 Å². The topological polar surface area (TPSA) is 59.3 Å². The van der Waals surface area contributed by atoms with E-state index in [0.717, 1.165) is 0 Å². The van der Waals surface area contributed by atoms with Gasteiger partial charge >= 0.3 is 0 Å². The number of benzene rings is 1. The number of fused-ring (bicyclic) bond motifs is 1. The fourth-order valence-electron chi connectivity index (χ4n) is 1.98. The predicted octanol–water partition coefficient (Wildman–Crippen LogP) is 2.60. The Bertz CT molecular complexity index is 526. The smallest absolute Gasteiger partial charge is 0.292 e. The molecule has 17 heavy (non-hydrogen) atoms. The van der Waals surface area contributed by atoms with Gasteiger partial charge in [-0.25, -0.2) is 0 Å². The first kappa shape index (κ1) is 11.5. The molecule has 0 N–H and O–H groups in total. The van der Waals surface area contributed by atoms with Crippen molar-refractivity contribution in [3.63, 3.8) is 0 Å². The zero-order chi connectivity index (χ0) is 12.6. The molecule has 0 radical (unpaired) electrons. The van der Waals surface area contributed by atoms with Crippen LogP contribution in [0.15, 0.2) is 12.1 Å². The molecule has 0 amide bonds. The van der Waals surface area contributed by atoms with Crippen molar-refractivity contribution in [3.8, 4) is 17.8 Å². The molecule has 1 aliphatic rings. The normalized spacial score (nSPS) is 16.7. The van der Waals surface area contributed by atoms with E-state index in [4.69, 9.17) is 14.7 Å². The number of ketones is 1. The van der Waals surface area contributed by atoms with Gasteiger partial charge in [-0.1, -0.05) is 0 Å². The van der Waals surface area contributed by atoms with Crippen LogP contribution < -0.4 is 9.47 Å². The Morgan fingerprint density at radius 3 is 2.82 bits per heavy atom. The zero-order valence-corrected chi connectivity index (χ0v) is 10.0. The van der Waals surface area contributed by atoms with Crippen LogP contribution in [0, 0.1) is 18.4 Å². The van der Waals surface area contributed by atoms with Gasteiger partial charge in [0.25, 0.3) is 6.26 Å². The first-order valence-electron chi connectivity index (χ1n) is 5.36. The highest BCUT2D eigenvalue weighted by atomic mass is 16.5. The molecule has 0 saturated heterocycles. The average molecular weight is 231 g/mol. The van der Waals surface area contributed by atoms with Crippen molar-refractivity contribution >= 4 is 5.78 Å². The standard InChI is InChI=1S/C13H13NO3/c1-8-11(16-7-14)5-4-9-10(15)6-13(2,3)17-12(8)9/h4-5H,6H2,1-3H3. The molecule has 1 aromatic carbocycles. The lowest BCUT2D eigenvalue weighted by Crippen LogP contribution is -2.36. The van der Waals surface area contributed by atoms with Gasteiger partial charge in [0.15, 0.2) is 5.78 Å². The molecule has 0 unspecified atom stereocenters. The van der Waals surface area contributed by atoms with E-state index in [1.165, 1.54) is 0 Å². The Kier molecular flexibility index (Phi) is 2.55. The summed E-state index contributed by atoms with van der Waals surface area (Å²) in [7, 11) is 0. The quantitative estimate of drug-likeness (QED) is 0.697. The number of nitrogens with zero attached hydrogens (tertiary/aromatic N) is 1. The maximum absolute atomic E-state index is 11.9. The lowest BCUT2D eigenvalue weighted by Gasteiger charge is -2.32. The van der Waals surface area contributed by atoms with E-state index in [0.29, 0.717) is 29.0 Å². The molecule has 88 valence electrons. The lowest BCUT2D eigenvalue weighted by atomic mass is 9.91. The van der Waals surface area contributed by atoms with Gasteiger partial charge in [-0.15, -0.1) is 5.26 Å². The Hall–Kier alpha value is -2.02. The summed E-state index contributed by atoms with van der Waals surface area (Å²) in [6.07, 6.45) is 1.98. The van der Waals surface area contributed by atoms with Crippen LogP contribution in [0.5, 0.6) is 11.5 Å². The number of ether oxygens (including phenoxy) is 2. The van der Waals surface area contributed by atoms with Crippen LogP contribution in [0.2, 0.25) is 0 Å². The molecule has 0 saturated carbocycles. The largest absolute Gasteiger partial charge is 0.486 e. The van der Waals surface area contributed by atoms with Crippen molar-refractivity contribution < 1.29 is 14.3 Å². The summed E-state index contributed by atoms with van der Waals surface area (Å²) < 4.78 is 10.6. The minimum Gasteiger partial charge on any atom is -0.486 e. The van der Waals surface area contributed by atoms with Crippen LogP contribution in [-0.2, 0) is 0 Å². The van der Waals surface area contributed by atoms with Crippen molar-refractivity contribution in [2.24, 2.45) is 0 Å². The zero-order valence-electron chi connectivity index (χ0n) is 10.0. The number of carbonyl (C=O) groups excluding carboxylic acids is 1. The predicted molar refractivity (Wildman–Crippen MR) is 61.1 cm³/mol. The molecule has 0 atom stereocenters. The molecule has 4 nitrogen and oxygen atoms in total. The van der Waals surface area contributed by atoms with E-state index >= 15 is 0 Å². The number of hydrogen-bond donors (Lipinski definition) is 0. The van der Waals surface area contributed by atoms with Crippen molar-refractivity contribution in [3.05, 3.63) is 23.3 Å². The average Bonchev–Trinajstić information content (AvgIpc) is 2.22. The second kappa shape index (κ2) is 3.77. The van der Waals surface area contributed by atoms with Crippen LogP contribution in [0.3, 0.4) is 0 Å². The number of carbonyl (C=O) groups is 1. The van der Waals surface area contributed by atoms with E-state index in [1.54, 1.807) is 25.3 Å². The van der Waals surface area contributed by atoms with Gasteiger partial charge in [0.1, 0.15) is 17.1 Å². The lowest BCUT2D eigenvalue weighted by molar-refractivity contribution is 0.0614. The first-order valence-corrected chi connectivity index (χ1v) is 5.36. The van der Waals surface area contributed by atoms with Gasteiger partial charge in [-0.2, -0.15) is 0 Å². The van der Waals surface area contributed by atoms with Gasteiger partial charge in [0.2, 0.25) is 0 Å². The third-order valence-electron chi connectivity index (χ3n) is 2.78. The van der Waals surface area contributed by atoms with Crippen molar-refractivity contribution in [2.75, 3.05) is 0 Å². The molecular formula is C13H13NO3. The van der Waals surface area contributed by atoms with Gasteiger partial charge in [-0.3, -0.25) is 4.79 Å². The van der Waals surface area contributed by atoms with E-state index in [9.17, 15) is 4.79 Å². The maximum Gasteiger partial charge on any atom is 0.292 e. The minimum atomic E-state index is -0.514. The molecule has 0 bridgehead atoms. The summed E-state index contributed by atoms with van der Waals surface area (Å²) in [6, 6.07) is 3.27. The molecule has 0 fully saturated rings. The van der Waals surface area contributed by atoms with Gasteiger partial charge in [-0.05, 0) is 32.9 Å². The number of hydrogen-bond acceptors (Lipinski definition) is 4. The molecule has 1 aliphatic heterocycles. The van der Waals surface area contributed by atoms with Crippen LogP contribution in [-0.4, -0.2) is 11.4 Å². The summed E-state index contributed by atoms with van der Waals surface area (Å²) in [5, 5.41) is 8.52. The molecule has 4 heteroatoms. The SMILES string of the molecule is Cc1c(OC#N)ccc2c1OC(C)(C)CC2=O. The number of rotatable bonds is 1. The molecule has 0 spiro atoms. The summed E-state index contributed by atoms with van der Waals surface area (Å²) >= 11 is 0. The molecule has 1 heterocycles. The molecular weight excluding hydrogens is 218 g/mol. The Morgan fingerprint density at radius 1 is 1.47 bits per heavy atom. The highest BCUT2D eigenvalue weighted by Gasteiger charge is 2.34. The Balaban J connectivity index is 2.55. The Labute approximate surface area is 99.8 Å². The summed E-state index contributed by atoms with van der Waals surface area (Å²) in [4.78, 5) is 11.9. The summed E-state index contributed by atoms with van der Waals surface area (Å²) in [5.41, 5.74) is 0.734. The van der Waals surface area contributed by atoms with E-state index in [1.807, 2.05) is 13.8 Å². The first-order chi connectivity index (χ1) is 7.94. The fourth-order valence-corrected chi connectivity index (χ4v) is 1.98. The highest BCUT2D eigenvalue weighted by Crippen LogP contribution is 2.39. The highest BCUT2D eigenvalue weighted by molar-refractivity contribution is 6.01. The molecule has 1 aromatic rings. The molecule has 0 aromatic heterocycles. The Morgan fingerprint density at radius 2 is 2.18 bits per heavy atom. The van der Waals surface area contributed by atoms with Crippen LogP contribution in [0.25, 0.3) is 0 Å². The number of nitriles is 1. The van der Waals surface area contributed by atoms with Crippen molar-refractivity contribution in [1.82, 2.24) is 0 Å². The van der Waals surface area contributed by atoms with Gasteiger partial charge in [0.05, 0.1) is 12.0 Å². The number of Topliss-reactive ketones (excluding diaryl/α,β-unsaturated/α-hetero) is 1. The van der Waals surface area contributed by atoms with Gasteiger partial charge in [0, 0.05) is 5.56 Å². The van der Waals surface area contributed by atoms with Crippen LogP contribution in [0.4, 0.5) is 0 Å².